The summed E-state index contributed by atoms with van der Waals surface area (Å²) in [6, 6.07) is 4.65. The Kier molecular flexibility index (Phi) is 4.47. The van der Waals surface area contributed by atoms with Crippen molar-refractivity contribution in [1.82, 2.24) is 10.3 Å². The van der Waals surface area contributed by atoms with Crippen LogP contribution in [-0.2, 0) is 0 Å². The molecule has 0 saturated carbocycles. The van der Waals surface area contributed by atoms with E-state index < -0.39 is 0 Å². The first kappa shape index (κ1) is 10.2. The molecule has 0 spiro atoms. The highest BCUT2D eigenvalue weighted by Crippen LogP contribution is 2.14. The van der Waals surface area contributed by atoms with E-state index in [2.05, 4.69) is 36.3 Å². The van der Waals surface area contributed by atoms with E-state index in [1.165, 1.54) is 12.0 Å². The van der Waals surface area contributed by atoms with Crippen LogP contribution in [0.1, 0.15) is 38.3 Å². The zero-order valence-corrected chi connectivity index (χ0v) is 8.46. The molecular formula is C11H18N2. The molecule has 1 aromatic heterocycles. The second kappa shape index (κ2) is 5.70. The fourth-order valence-corrected chi connectivity index (χ4v) is 1.41. The second-order valence-corrected chi connectivity index (χ2v) is 3.20. The Hall–Kier alpha value is -0.890. The molecule has 0 fully saturated rings. The van der Waals surface area contributed by atoms with Crippen molar-refractivity contribution in [2.24, 2.45) is 0 Å². The lowest BCUT2D eigenvalue weighted by Gasteiger charge is -2.16. The summed E-state index contributed by atoms with van der Waals surface area (Å²) in [6.45, 7) is 5.47. The van der Waals surface area contributed by atoms with Gasteiger partial charge in [0.05, 0.1) is 0 Å². The fourth-order valence-electron chi connectivity index (χ4n) is 1.41. The molecule has 0 aromatic carbocycles. The van der Waals surface area contributed by atoms with Crippen molar-refractivity contribution in [3.8, 4) is 0 Å². The summed E-state index contributed by atoms with van der Waals surface area (Å²) in [5, 5.41) is 3.51. The van der Waals surface area contributed by atoms with Gasteiger partial charge in [0.1, 0.15) is 0 Å². The highest BCUT2D eigenvalue weighted by atomic mass is 14.9. The average molecular weight is 178 g/mol. The maximum Gasteiger partial charge on any atom is 0.0318 e. The summed E-state index contributed by atoms with van der Waals surface area (Å²) < 4.78 is 0. The van der Waals surface area contributed by atoms with Crippen molar-refractivity contribution in [3.05, 3.63) is 30.1 Å². The summed E-state index contributed by atoms with van der Waals surface area (Å²) in [5.74, 6) is 0. The van der Waals surface area contributed by atoms with E-state index in [9.17, 15) is 0 Å². The maximum atomic E-state index is 4.01. The van der Waals surface area contributed by atoms with Gasteiger partial charge in [-0.1, -0.05) is 13.8 Å². The van der Waals surface area contributed by atoms with Gasteiger partial charge in [-0.3, -0.25) is 4.98 Å². The number of pyridine rings is 1. The van der Waals surface area contributed by atoms with E-state index in [4.69, 9.17) is 0 Å². The summed E-state index contributed by atoms with van der Waals surface area (Å²) in [6.07, 6.45) is 6.02. The Bertz CT molecular complexity index is 221. The van der Waals surface area contributed by atoms with Crippen LogP contribution in [0, 0.1) is 0 Å². The van der Waals surface area contributed by atoms with Crippen molar-refractivity contribution >= 4 is 0 Å². The molecular weight excluding hydrogens is 160 g/mol. The average Bonchev–Trinajstić information content (AvgIpc) is 2.21. The van der Waals surface area contributed by atoms with Gasteiger partial charge in [0.25, 0.3) is 0 Å². The zero-order chi connectivity index (χ0) is 9.52. The zero-order valence-electron chi connectivity index (χ0n) is 8.46. The standard InChI is InChI=1S/C11H18N2/c1-3-7-13-11(4-2)10-5-8-12-9-6-10/h5-6,8-9,11,13H,3-4,7H2,1-2H3. The monoisotopic (exact) mass is 178 g/mol. The van der Waals surface area contributed by atoms with Crippen LogP contribution < -0.4 is 5.32 Å². The van der Waals surface area contributed by atoms with E-state index in [-0.39, 0.29) is 0 Å². The van der Waals surface area contributed by atoms with Gasteiger partial charge in [-0.15, -0.1) is 0 Å². The molecule has 2 nitrogen and oxygen atoms in total. The van der Waals surface area contributed by atoms with Crippen LogP contribution in [0.3, 0.4) is 0 Å². The number of rotatable bonds is 5. The minimum absolute atomic E-state index is 0.489. The van der Waals surface area contributed by atoms with E-state index in [0.29, 0.717) is 6.04 Å². The highest BCUT2D eigenvalue weighted by molar-refractivity contribution is 5.14. The number of aromatic nitrogens is 1. The molecule has 0 saturated heterocycles. The Balaban J connectivity index is 2.56. The summed E-state index contributed by atoms with van der Waals surface area (Å²) in [4.78, 5) is 4.01. The van der Waals surface area contributed by atoms with E-state index in [1.54, 1.807) is 0 Å². The van der Waals surface area contributed by atoms with Gasteiger partial charge < -0.3 is 5.32 Å². The van der Waals surface area contributed by atoms with Crippen molar-refractivity contribution in [2.45, 2.75) is 32.7 Å². The van der Waals surface area contributed by atoms with Crippen molar-refractivity contribution in [2.75, 3.05) is 6.54 Å². The minimum Gasteiger partial charge on any atom is -0.310 e. The highest BCUT2D eigenvalue weighted by Gasteiger charge is 2.06. The van der Waals surface area contributed by atoms with Gasteiger partial charge >= 0.3 is 0 Å². The molecule has 13 heavy (non-hydrogen) atoms. The first-order chi connectivity index (χ1) is 6.38. The Morgan fingerprint density at radius 3 is 2.54 bits per heavy atom. The first-order valence-electron chi connectivity index (χ1n) is 5.01. The molecule has 1 atom stereocenters. The molecule has 0 aliphatic heterocycles. The molecule has 1 N–H and O–H groups in total. The van der Waals surface area contributed by atoms with Crippen molar-refractivity contribution in [1.29, 1.82) is 0 Å². The molecule has 2 heteroatoms. The number of nitrogens with one attached hydrogen (secondary N) is 1. The molecule has 1 unspecified atom stereocenters. The largest absolute Gasteiger partial charge is 0.310 e. The van der Waals surface area contributed by atoms with Crippen LogP contribution in [-0.4, -0.2) is 11.5 Å². The molecule has 0 aliphatic carbocycles. The third-order valence-electron chi connectivity index (χ3n) is 2.16. The molecule has 72 valence electrons. The molecule has 1 heterocycles. The first-order valence-corrected chi connectivity index (χ1v) is 5.01. The third-order valence-corrected chi connectivity index (χ3v) is 2.16. The number of hydrogen-bond acceptors (Lipinski definition) is 2. The van der Waals surface area contributed by atoms with E-state index in [0.717, 1.165) is 13.0 Å². The van der Waals surface area contributed by atoms with Crippen LogP contribution >= 0.6 is 0 Å². The van der Waals surface area contributed by atoms with Gasteiger partial charge in [0.2, 0.25) is 0 Å². The Morgan fingerprint density at radius 2 is 2.00 bits per heavy atom. The lowest BCUT2D eigenvalue weighted by molar-refractivity contribution is 0.518. The van der Waals surface area contributed by atoms with E-state index in [1.807, 2.05) is 12.4 Å². The topological polar surface area (TPSA) is 24.9 Å². The summed E-state index contributed by atoms with van der Waals surface area (Å²) in [5.41, 5.74) is 1.34. The van der Waals surface area contributed by atoms with Crippen LogP contribution in [0.2, 0.25) is 0 Å². The van der Waals surface area contributed by atoms with Gasteiger partial charge in [-0.2, -0.15) is 0 Å². The molecule has 0 radical (unpaired) electrons. The quantitative estimate of drug-likeness (QED) is 0.749. The van der Waals surface area contributed by atoms with Gasteiger partial charge in [-0.05, 0) is 37.1 Å². The molecule has 0 amide bonds. The predicted molar refractivity (Wildman–Crippen MR) is 55.6 cm³/mol. The Morgan fingerprint density at radius 1 is 1.31 bits per heavy atom. The van der Waals surface area contributed by atoms with Crippen molar-refractivity contribution < 1.29 is 0 Å². The molecule has 1 aromatic rings. The maximum absolute atomic E-state index is 4.01. The smallest absolute Gasteiger partial charge is 0.0318 e. The predicted octanol–water partition coefficient (Wildman–Crippen LogP) is 2.53. The van der Waals surface area contributed by atoms with Crippen LogP contribution in [0.25, 0.3) is 0 Å². The lowest BCUT2D eigenvalue weighted by atomic mass is 10.1. The number of nitrogens with zero attached hydrogens (tertiary/aromatic N) is 1. The van der Waals surface area contributed by atoms with Gasteiger partial charge in [-0.25, -0.2) is 0 Å². The summed E-state index contributed by atoms with van der Waals surface area (Å²) in [7, 11) is 0. The lowest BCUT2D eigenvalue weighted by Crippen LogP contribution is -2.21. The third kappa shape index (κ3) is 3.15. The number of hydrogen-bond donors (Lipinski definition) is 1. The molecule has 0 bridgehead atoms. The van der Waals surface area contributed by atoms with Gasteiger partial charge in [0, 0.05) is 18.4 Å². The SMILES string of the molecule is CCCNC(CC)c1ccncc1. The Labute approximate surface area is 80.4 Å². The second-order valence-electron chi connectivity index (χ2n) is 3.20. The summed E-state index contributed by atoms with van der Waals surface area (Å²) >= 11 is 0. The van der Waals surface area contributed by atoms with Crippen molar-refractivity contribution in [3.63, 3.8) is 0 Å². The van der Waals surface area contributed by atoms with Crippen LogP contribution in [0.15, 0.2) is 24.5 Å². The van der Waals surface area contributed by atoms with Gasteiger partial charge in [0.15, 0.2) is 0 Å². The molecule has 1 rings (SSSR count). The van der Waals surface area contributed by atoms with Crippen LogP contribution in [0.5, 0.6) is 0 Å². The van der Waals surface area contributed by atoms with Crippen LogP contribution in [0.4, 0.5) is 0 Å². The minimum atomic E-state index is 0.489. The molecule has 0 aliphatic rings. The van der Waals surface area contributed by atoms with E-state index >= 15 is 0 Å². The fraction of sp³-hybridized carbons (Fsp3) is 0.545. The normalized spacial score (nSPS) is 12.8.